The Morgan fingerprint density at radius 2 is 2.09 bits per heavy atom. The number of nitrogens with one attached hydrogen (secondary N) is 1. The predicted octanol–water partition coefficient (Wildman–Crippen LogP) is 1.10. The molecule has 0 saturated carbocycles. The van der Waals surface area contributed by atoms with Crippen molar-refractivity contribution in [2.75, 3.05) is 42.9 Å². The standard InChI is InChI=1S/C13H19N7OS2/c1-2-3-11-16-18-13(23-11)20-6-4-19(5-7-20)8-10(21)15-12-17-14-9-22-12/h9H,2-8H2,1H3,(H,15,17,21). The van der Waals surface area contributed by atoms with Gasteiger partial charge in [-0.1, -0.05) is 29.6 Å². The van der Waals surface area contributed by atoms with Gasteiger partial charge in [0, 0.05) is 32.6 Å². The summed E-state index contributed by atoms with van der Waals surface area (Å²) in [6, 6.07) is 0. The summed E-state index contributed by atoms with van der Waals surface area (Å²) in [5, 5.41) is 21.4. The van der Waals surface area contributed by atoms with E-state index in [9.17, 15) is 4.79 Å². The summed E-state index contributed by atoms with van der Waals surface area (Å²) in [5.41, 5.74) is 1.60. The maximum absolute atomic E-state index is 12.0. The van der Waals surface area contributed by atoms with Gasteiger partial charge in [-0.25, -0.2) is 0 Å². The summed E-state index contributed by atoms with van der Waals surface area (Å²) in [6.45, 7) is 5.94. The largest absolute Gasteiger partial charge is 0.344 e. The van der Waals surface area contributed by atoms with Crippen molar-refractivity contribution >= 4 is 38.8 Å². The highest BCUT2D eigenvalue weighted by atomic mass is 32.1. The van der Waals surface area contributed by atoms with E-state index in [-0.39, 0.29) is 5.91 Å². The van der Waals surface area contributed by atoms with Crippen LogP contribution in [0.15, 0.2) is 5.51 Å². The van der Waals surface area contributed by atoms with Crippen LogP contribution in [-0.4, -0.2) is 63.9 Å². The van der Waals surface area contributed by atoms with E-state index in [1.807, 2.05) is 0 Å². The van der Waals surface area contributed by atoms with E-state index in [0.29, 0.717) is 11.7 Å². The Balaban J connectivity index is 1.45. The van der Waals surface area contributed by atoms with Crippen LogP contribution in [-0.2, 0) is 11.2 Å². The second-order valence-corrected chi connectivity index (χ2v) is 7.16. The summed E-state index contributed by atoms with van der Waals surface area (Å²) in [4.78, 5) is 16.3. The molecule has 1 N–H and O–H groups in total. The second-order valence-electron chi connectivity index (χ2n) is 5.28. The van der Waals surface area contributed by atoms with Gasteiger partial charge in [0.25, 0.3) is 0 Å². The van der Waals surface area contributed by atoms with Gasteiger partial charge in [-0.2, -0.15) is 0 Å². The first-order valence-electron chi connectivity index (χ1n) is 7.60. The minimum atomic E-state index is -0.0450. The molecule has 0 atom stereocenters. The second kappa shape index (κ2) is 7.75. The highest BCUT2D eigenvalue weighted by Crippen LogP contribution is 2.22. The molecule has 0 radical (unpaired) electrons. The molecule has 1 aliphatic rings. The molecule has 2 aromatic heterocycles. The SMILES string of the molecule is CCCc1nnc(N2CCN(CC(=O)Nc3nncs3)CC2)s1. The minimum absolute atomic E-state index is 0.0450. The molecular weight excluding hydrogens is 334 g/mol. The molecule has 0 spiro atoms. The molecule has 0 aliphatic carbocycles. The molecule has 1 fully saturated rings. The number of aryl methyl sites for hydroxylation is 1. The summed E-state index contributed by atoms with van der Waals surface area (Å²) in [6.07, 6.45) is 2.08. The van der Waals surface area contributed by atoms with E-state index in [2.05, 4.69) is 42.4 Å². The average Bonchev–Trinajstić information content (AvgIpc) is 3.20. The van der Waals surface area contributed by atoms with Gasteiger partial charge in [-0.3, -0.25) is 15.0 Å². The molecule has 0 bridgehead atoms. The van der Waals surface area contributed by atoms with E-state index in [1.165, 1.54) is 11.3 Å². The fourth-order valence-electron chi connectivity index (χ4n) is 2.37. The number of carbonyl (C=O) groups is 1. The molecular formula is C13H19N7OS2. The van der Waals surface area contributed by atoms with Crippen LogP contribution in [0.4, 0.5) is 10.3 Å². The van der Waals surface area contributed by atoms with E-state index in [4.69, 9.17) is 0 Å². The predicted molar refractivity (Wildman–Crippen MR) is 91.1 cm³/mol. The lowest BCUT2D eigenvalue weighted by molar-refractivity contribution is -0.117. The summed E-state index contributed by atoms with van der Waals surface area (Å²) in [7, 11) is 0. The van der Waals surface area contributed by atoms with Gasteiger partial charge in [-0.15, -0.1) is 20.4 Å². The number of nitrogens with zero attached hydrogens (tertiary/aromatic N) is 6. The maximum atomic E-state index is 12.0. The van der Waals surface area contributed by atoms with Crippen LogP contribution < -0.4 is 10.2 Å². The lowest BCUT2D eigenvalue weighted by Crippen LogP contribution is -2.48. The zero-order valence-corrected chi connectivity index (χ0v) is 14.6. The van der Waals surface area contributed by atoms with Crippen molar-refractivity contribution in [2.45, 2.75) is 19.8 Å². The molecule has 124 valence electrons. The number of rotatable bonds is 6. The number of piperazine rings is 1. The third kappa shape index (κ3) is 4.43. The first-order chi connectivity index (χ1) is 11.2. The third-order valence-electron chi connectivity index (χ3n) is 3.54. The number of anilines is 2. The topological polar surface area (TPSA) is 87.1 Å². The zero-order valence-electron chi connectivity index (χ0n) is 12.9. The molecule has 1 aliphatic heterocycles. The highest BCUT2D eigenvalue weighted by Gasteiger charge is 2.21. The van der Waals surface area contributed by atoms with Crippen LogP contribution in [0.1, 0.15) is 18.4 Å². The van der Waals surface area contributed by atoms with Gasteiger partial charge in [0.05, 0.1) is 6.54 Å². The van der Waals surface area contributed by atoms with E-state index in [0.717, 1.165) is 49.2 Å². The van der Waals surface area contributed by atoms with Crippen molar-refractivity contribution in [3.8, 4) is 0 Å². The van der Waals surface area contributed by atoms with Crippen molar-refractivity contribution in [3.63, 3.8) is 0 Å². The number of carbonyl (C=O) groups excluding carboxylic acids is 1. The zero-order chi connectivity index (χ0) is 16.1. The quantitative estimate of drug-likeness (QED) is 0.832. The smallest absolute Gasteiger partial charge is 0.240 e. The Morgan fingerprint density at radius 1 is 1.26 bits per heavy atom. The molecule has 1 saturated heterocycles. The number of hydrogen-bond acceptors (Lipinski definition) is 9. The molecule has 3 heterocycles. The van der Waals surface area contributed by atoms with E-state index >= 15 is 0 Å². The molecule has 1 amide bonds. The van der Waals surface area contributed by atoms with Crippen molar-refractivity contribution in [1.82, 2.24) is 25.3 Å². The molecule has 23 heavy (non-hydrogen) atoms. The fraction of sp³-hybridized carbons (Fsp3) is 0.615. The average molecular weight is 353 g/mol. The third-order valence-corrected chi connectivity index (χ3v) is 5.19. The molecule has 10 heteroatoms. The normalized spacial score (nSPS) is 15.8. The van der Waals surface area contributed by atoms with E-state index < -0.39 is 0 Å². The Bertz CT molecular complexity index is 622. The van der Waals surface area contributed by atoms with Gasteiger partial charge in [-0.05, 0) is 6.42 Å². The molecule has 0 unspecified atom stereocenters. The summed E-state index contributed by atoms with van der Waals surface area (Å²) >= 11 is 3.00. The van der Waals surface area contributed by atoms with Crippen molar-refractivity contribution < 1.29 is 4.79 Å². The van der Waals surface area contributed by atoms with Gasteiger partial charge in [0.15, 0.2) is 0 Å². The Morgan fingerprint density at radius 3 is 2.78 bits per heavy atom. The first-order valence-corrected chi connectivity index (χ1v) is 9.30. The Hall–Kier alpha value is -1.65. The molecule has 3 rings (SSSR count). The lowest BCUT2D eigenvalue weighted by Gasteiger charge is -2.33. The minimum Gasteiger partial charge on any atom is -0.344 e. The molecule has 0 aromatic carbocycles. The maximum Gasteiger partial charge on any atom is 0.240 e. The van der Waals surface area contributed by atoms with Crippen LogP contribution in [0.2, 0.25) is 0 Å². The summed E-state index contributed by atoms with van der Waals surface area (Å²) < 4.78 is 0. The van der Waals surface area contributed by atoms with Crippen LogP contribution in [0.5, 0.6) is 0 Å². The van der Waals surface area contributed by atoms with Crippen LogP contribution in [0.3, 0.4) is 0 Å². The number of aromatic nitrogens is 4. The monoisotopic (exact) mass is 353 g/mol. The molecule has 8 nitrogen and oxygen atoms in total. The van der Waals surface area contributed by atoms with Crippen molar-refractivity contribution in [3.05, 3.63) is 10.5 Å². The van der Waals surface area contributed by atoms with Crippen LogP contribution >= 0.6 is 22.7 Å². The number of hydrogen-bond donors (Lipinski definition) is 1. The van der Waals surface area contributed by atoms with Crippen LogP contribution in [0, 0.1) is 0 Å². The molecule has 2 aromatic rings. The Kier molecular flexibility index (Phi) is 5.47. The highest BCUT2D eigenvalue weighted by molar-refractivity contribution is 7.15. The number of amides is 1. The van der Waals surface area contributed by atoms with Gasteiger partial charge >= 0.3 is 0 Å². The van der Waals surface area contributed by atoms with Gasteiger partial charge in [0.2, 0.25) is 16.2 Å². The summed E-state index contributed by atoms with van der Waals surface area (Å²) in [5.74, 6) is -0.0450. The van der Waals surface area contributed by atoms with Crippen molar-refractivity contribution in [2.24, 2.45) is 0 Å². The first kappa shape index (κ1) is 16.2. The van der Waals surface area contributed by atoms with Crippen molar-refractivity contribution in [1.29, 1.82) is 0 Å². The van der Waals surface area contributed by atoms with Crippen LogP contribution in [0.25, 0.3) is 0 Å². The van der Waals surface area contributed by atoms with Gasteiger partial charge in [0.1, 0.15) is 10.5 Å². The Labute approximate surface area is 142 Å². The van der Waals surface area contributed by atoms with Gasteiger partial charge < -0.3 is 4.90 Å². The van der Waals surface area contributed by atoms with E-state index in [1.54, 1.807) is 16.8 Å². The lowest BCUT2D eigenvalue weighted by atomic mass is 10.3. The fourth-order valence-corrected chi connectivity index (χ4v) is 3.83.